The smallest absolute Gasteiger partial charge is 0.145 e. The number of hydrogen-bond donors (Lipinski definition) is 1. The summed E-state index contributed by atoms with van der Waals surface area (Å²) < 4.78 is 2.61. The van der Waals surface area contributed by atoms with Crippen molar-refractivity contribution in [3.05, 3.63) is 39.5 Å². The van der Waals surface area contributed by atoms with Gasteiger partial charge in [-0.3, -0.25) is 0 Å². The minimum absolute atomic E-state index is 0.385. The van der Waals surface area contributed by atoms with Gasteiger partial charge in [0.25, 0.3) is 0 Å². The summed E-state index contributed by atoms with van der Waals surface area (Å²) in [5.41, 5.74) is 8.93. The summed E-state index contributed by atoms with van der Waals surface area (Å²) in [4.78, 5) is 0. The number of anilines is 1. The van der Waals surface area contributed by atoms with Gasteiger partial charge in [0, 0.05) is 4.47 Å². The summed E-state index contributed by atoms with van der Waals surface area (Å²) in [6.45, 7) is 3.75. The van der Waals surface area contributed by atoms with E-state index in [1.807, 2.05) is 25.1 Å². The zero-order valence-corrected chi connectivity index (χ0v) is 11.1. The molecule has 0 saturated carbocycles. The number of benzene rings is 1. The monoisotopic (exact) mass is 290 g/mol. The van der Waals surface area contributed by atoms with Crippen LogP contribution in [0.5, 0.6) is 0 Å². The van der Waals surface area contributed by atoms with Gasteiger partial charge in [0.1, 0.15) is 17.5 Å². The first-order valence-corrected chi connectivity index (χ1v) is 5.85. The molecule has 0 radical (unpaired) electrons. The highest BCUT2D eigenvalue weighted by molar-refractivity contribution is 9.10. The van der Waals surface area contributed by atoms with Crippen LogP contribution < -0.4 is 5.73 Å². The van der Waals surface area contributed by atoms with E-state index in [0.717, 1.165) is 15.7 Å². The summed E-state index contributed by atoms with van der Waals surface area (Å²) in [5, 5.41) is 13.3. The maximum Gasteiger partial charge on any atom is 0.145 e. The van der Waals surface area contributed by atoms with Crippen LogP contribution in [-0.2, 0) is 0 Å². The first-order valence-electron chi connectivity index (χ1n) is 5.06. The van der Waals surface area contributed by atoms with E-state index in [9.17, 15) is 0 Å². The fraction of sp³-hybridized carbons (Fsp3) is 0.167. The molecule has 86 valence electrons. The lowest BCUT2D eigenvalue weighted by atomic mass is 10.2. The second-order valence-electron chi connectivity index (χ2n) is 3.80. The number of halogens is 1. The van der Waals surface area contributed by atoms with Crippen molar-refractivity contribution < 1.29 is 0 Å². The predicted octanol–water partition coefficient (Wildman–Crippen LogP) is 2.71. The van der Waals surface area contributed by atoms with Gasteiger partial charge in [0.2, 0.25) is 0 Å². The van der Waals surface area contributed by atoms with E-state index >= 15 is 0 Å². The Balaban J connectivity index is 2.66. The van der Waals surface area contributed by atoms with Crippen molar-refractivity contribution in [2.24, 2.45) is 0 Å². The molecule has 2 aromatic rings. The molecule has 1 aromatic carbocycles. The highest BCUT2D eigenvalue weighted by Gasteiger charge is 2.14. The molecule has 0 bridgehead atoms. The molecule has 4 nitrogen and oxygen atoms in total. The quantitative estimate of drug-likeness (QED) is 0.878. The molecule has 0 aliphatic carbocycles. The summed E-state index contributed by atoms with van der Waals surface area (Å²) in [6.07, 6.45) is 0. The average Bonchev–Trinajstić information content (AvgIpc) is 2.54. The van der Waals surface area contributed by atoms with Crippen LogP contribution in [0, 0.1) is 25.2 Å². The Kier molecular flexibility index (Phi) is 2.90. The first-order chi connectivity index (χ1) is 8.04. The Bertz CT molecular complexity index is 622. The highest BCUT2D eigenvalue weighted by Crippen LogP contribution is 2.24. The van der Waals surface area contributed by atoms with Gasteiger partial charge >= 0.3 is 0 Å². The molecular weight excluding hydrogens is 280 g/mol. The lowest BCUT2D eigenvalue weighted by Crippen LogP contribution is -2.04. The SMILES string of the molecule is Cc1cc(Br)ccc1-n1nc(C)c(C#N)c1N. The fourth-order valence-corrected chi connectivity index (χ4v) is 2.20. The van der Waals surface area contributed by atoms with Gasteiger partial charge in [-0.05, 0) is 37.6 Å². The number of hydrogen-bond acceptors (Lipinski definition) is 3. The molecule has 2 N–H and O–H groups in total. The van der Waals surface area contributed by atoms with Crippen LogP contribution in [0.2, 0.25) is 0 Å². The standard InChI is InChI=1S/C12H11BrN4/c1-7-5-9(13)3-4-11(7)17-12(15)10(6-14)8(2)16-17/h3-5H,15H2,1-2H3. The third-order valence-electron chi connectivity index (χ3n) is 2.59. The fourth-order valence-electron chi connectivity index (χ4n) is 1.72. The van der Waals surface area contributed by atoms with E-state index in [1.165, 1.54) is 0 Å². The van der Waals surface area contributed by atoms with E-state index in [2.05, 4.69) is 27.1 Å². The van der Waals surface area contributed by atoms with Crippen molar-refractivity contribution in [3.8, 4) is 11.8 Å². The van der Waals surface area contributed by atoms with Gasteiger partial charge in [-0.2, -0.15) is 10.4 Å². The predicted molar refractivity (Wildman–Crippen MR) is 69.9 cm³/mol. The molecule has 0 spiro atoms. The van der Waals surface area contributed by atoms with Crippen molar-refractivity contribution in [2.75, 3.05) is 5.73 Å². The third-order valence-corrected chi connectivity index (χ3v) is 3.09. The number of rotatable bonds is 1. The van der Waals surface area contributed by atoms with Gasteiger partial charge in [-0.15, -0.1) is 0 Å². The first kappa shape index (κ1) is 11.7. The molecule has 0 aliphatic heterocycles. The van der Waals surface area contributed by atoms with E-state index in [-0.39, 0.29) is 0 Å². The summed E-state index contributed by atoms with van der Waals surface area (Å²) in [6, 6.07) is 7.89. The van der Waals surface area contributed by atoms with Crippen molar-refractivity contribution in [3.63, 3.8) is 0 Å². The van der Waals surface area contributed by atoms with Gasteiger partial charge in [0.15, 0.2) is 0 Å². The Labute approximate surface area is 108 Å². The Morgan fingerprint density at radius 2 is 2.12 bits per heavy atom. The van der Waals surface area contributed by atoms with E-state index in [0.29, 0.717) is 17.1 Å². The molecular formula is C12H11BrN4. The van der Waals surface area contributed by atoms with Crippen LogP contribution >= 0.6 is 15.9 Å². The van der Waals surface area contributed by atoms with Gasteiger partial charge < -0.3 is 5.73 Å². The molecule has 1 aromatic heterocycles. The van der Waals surface area contributed by atoms with Crippen LogP contribution in [-0.4, -0.2) is 9.78 Å². The molecule has 0 aliphatic rings. The van der Waals surface area contributed by atoms with Gasteiger partial charge in [0.05, 0.1) is 11.4 Å². The zero-order chi connectivity index (χ0) is 12.6. The second-order valence-corrected chi connectivity index (χ2v) is 4.72. The molecule has 0 atom stereocenters. The maximum atomic E-state index is 8.98. The van der Waals surface area contributed by atoms with Crippen LogP contribution in [0.1, 0.15) is 16.8 Å². The van der Waals surface area contributed by atoms with E-state index in [4.69, 9.17) is 11.0 Å². The minimum atomic E-state index is 0.385. The number of nitrogens with zero attached hydrogens (tertiary/aromatic N) is 3. The Morgan fingerprint density at radius 3 is 2.65 bits per heavy atom. The number of aryl methyl sites for hydroxylation is 2. The summed E-state index contributed by atoms with van der Waals surface area (Å²) in [5.74, 6) is 0.385. The average molecular weight is 291 g/mol. The lowest BCUT2D eigenvalue weighted by Gasteiger charge is -2.07. The molecule has 0 saturated heterocycles. The highest BCUT2D eigenvalue weighted by atomic mass is 79.9. The number of aromatic nitrogens is 2. The molecule has 0 amide bonds. The van der Waals surface area contributed by atoms with Crippen LogP contribution in [0.4, 0.5) is 5.82 Å². The normalized spacial score (nSPS) is 10.2. The third kappa shape index (κ3) is 1.92. The molecule has 17 heavy (non-hydrogen) atoms. The minimum Gasteiger partial charge on any atom is -0.382 e. The second kappa shape index (κ2) is 4.22. The van der Waals surface area contributed by atoms with Crippen molar-refractivity contribution in [1.29, 1.82) is 5.26 Å². The van der Waals surface area contributed by atoms with Crippen molar-refractivity contribution in [1.82, 2.24) is 9.78 Å². The molecule has 0 fully saturated rings. The van der Waals surface area contributed by atoms with Crippen LogP contribution in [0.3, 0.4) is 0 Å². The topological polar surface area (TPSA) is 67.6 Å². The number of nitrogen functional groups attached to an aromatic ring is 1. The lowest BCUT2D eigenvalue weighted by molar-refractivity contribution is 0.865. The number of nitrogens with two attached hydrogens (primary N) is 1. The van der Waals surface area contributed by atoms with E-state index in [1.54, 1.807) is 11.6 Å². The molecule has 2 rings (SSSR count). The van der Waals surface area contributed by atoms with Gasteiger partial charge in [-0.1, -0.05) is 15.9 Å². The van der Waals surface area contributed by atoms with Crippen molar-refractivity contribution in [2.45, 2.75) is 13.8 Å². The Morgan fingerprint density at radius 1 is 1.41 bits per heavy atom. The van der Waals surface area contributed by atoms with Crippen LogP contribution in [0.25, 0.3) is 5.69 Å². The number of nitriles is 1. The molecule has 0 unspecified atom stereocenters. The van der Waals surface area contributed by atoms with Crippen molar-refractivity contribution >= 4 is 21.7 Å². The largest absolute Gasteiger partial charge is 0.382 e. The van der Waals surface area contributed by atoms with Crippen LogP contribution in [0.15, 0.2) is 22.7 Å². The summed E-state index contributed by atoms with van der Waals surface area (Å²) >= 11 is 3.41. The Hall–Kier alpha value is -1.80. The summed E-state index contributed by atoms with van der Waals surface area (Å²) in [7, 11) is 0. The van der Waals surface area contributed by atoms with E-state index < -0.39 is 0 Å². The molecule has 5 heteroatoms. The maximum absolute atomic E-state index is 8.98. The molecule has 1 heterocycles. The van der Waals surface area contributed by atoms with Gasteiger partial charge in [-0.25, -0.2) is 4.68 Å². The zero-order valence-electron chi connectivity index (χ0n) is 9.53.